The molecule has 4 rings (SSSR count). The van der Waals surface area contributed by atoms with Crippen LogP contribution in [-0.4, -0.2) is 14.8 Å². The van der Waals surface area contributed by atoms with E-state index in [1.165, 1.54) is 11.1 Å². The molecule has 5 heteroatoms. The first-order chi connectivity index (χ1) is 15.8. The molecule has 0 saturated carbocycles. The van der Waals surface area contributed by atoms with Crippen molar-refractivity contribution in [3.63, 3.8) is 0 Å². The van der Waals surface area contributed by atoms with E-state index < -0.39 is 0 Å². The van der Waals surface area contributed by atoms with Crippen molar-refractivity contribution < 1.29 is 20.1 Å². The summed E-state index contributed by atoms with van der Waals surface area (Å²) in [6.45, 7) is 20.5. The quantitative estimate of drug-likeness (QED) is 0.212. The van der Waals surface area contributed by atoms with Crippen molar-refractivity contribution in [2.45, 2.75) is 53.4 Å². The molecule has 0 fully saturated rings. The van der Waals surface area contributed by atoms with Crippen molar-refractivity contribution in [3.05, 3.63) is 94.3 Å². The van der Waals surface area contributed by atoms with E-state index in [2.05, 4.69) is 85.5 Å². The van der Waals surface area contributed by atoms with E-state index in [0.29, 0.717) is 23.3 Å². The van der Waals surface area contributed by atoms with E-state index in [0.717, 1.165) is 33.8 Å². The summed E-state index contributed by atoms with van der Waals surface area (Å²) in [5.74, 6) is 2.14. The van der Waals surface area contributed by atoms with Crippen LogP contribution >= 0.6 is 0 Å². The second-order valence-corrected chi connectivity index (χ2v) is 9.12. The molecule has 4 nitrogen and oxygen atoms in total. The Balaban J connectivity index is 0.00000324. The maximum Gasteiger partial charge on any atom is 0.159 e. The molecule has 0 aliphatic heterocycles. The Kier molecular flexibility index (Phi) is 7.87. The van der Waals surface area contributed by atoms with Gasteiger partial charge in [0.2, 0.25) is 0 Å². The van der Waals surface area contributed by atoms with Crippen molar-refractivity contribution in [2.75, 3.05) is 0 Å². The van der Waals surface area contributed by atoms with Crippen LogP contribution in [0.3, 0.4) is 0 Å². The van der Waals surface area contributed by atoms with Gasteiger partial charge in [-0.3, -0.25) is 4.85 Å². The van der Waals surface area contributed by atoms with E-state index in [-0.39, 0.29) is 20.1 Å². The van der Waals surface area contributed by atoms with E-state index >= 15 is 0 Å². The monoisotopic (exact) mass is 626 g/mol. The summed E-state index contributed by atoms with van der Waals surface area (Å²) in [5, 5.41) is 9.36. The second kappa shape index (κ2) is 10.5. The van der Waals surface area contributed by atoms with Gasteiger partial charge in [-0.05, 0) is 35.4 Å². The van der Waals surface area contributed by atoms with E-state index in [1.54, 1.807) is 0 Å². The van der Waals surface area contributed by atoms with Gasteiger partial charge in [0, 0.05) is 31.4 Å². The summed E-state index contributed by atoms with van der Waals surface area (Å²) < 4.78 is 2.18. The van der Waals surface area contributed by atoms with Gasteiger partial charge >= 0.3 is 0 Å². The van der Waals surface area contributed by atoms with Crippen LogP contribution < -0.4 is 0 Å². The molecule has 0 bridgehead atoms. The molecule has 0 N–H and O–H groups in total. The molecule has 1 radical (unpaired) electrons. The molecule has 0 unspecified atom stereocenters. The van der Waals surface area contributed by atoms with Crippen LogP contribution in [0, 0.1) is 26.5 Å². The molecular weight excluding hydrogens is 597 g/mol. The standard InChI is InChI=1S/C29H29N4.Ir/c1-18(2)23-13-10-14-24(19(3)4)27(23)33-28(22-16-15-21(6)26(17-22)30-7)31-32-29(33)25-12-9-8-11-20(25)5;/h8-15,17-19H,1-6H3;/q-1;. The molecule has 1 heterocycles. The third-order valence-corrected chi connectivity index (χ3v) is 6.11. The van der Waals surface area contributed by atoms with Gasteiger partial charge in [0.05, 0.1) is 12.4 Å². The molecule has 175 valence electrons. The Morgan fingerprint density at radius 2 is 1.47 bits per heavy atom. The summed E-state index contributed by atoms with van der Waals surface area (Å²) in [6.07, 6.45) is 0. The van der Waals surface area contributed by atoms with Crippen molar-refractivity contribution >= 4 is 5.69 Å². The maximum absolute atomic E-state index is 7.58. The predicted octanol–water partition coefficient (Wildman–Crippen LogP) is 7.81. The van der Waals surface area contributed by atoms with Crippen molar-refractivity contribution in [3.8, 4) is 28.5 Å². The van der Waals surface area contributed by atoms with E-state index in [1.807, 2.05) is 31.2 Å². The zero-order chi connectivity index (χ0) is 23.7. The number of benzene rings is 3. The minimum Gasteiger partial charge on any atom is -0.316 e. The zero-order valence-corrected chi connectivity index (χ0v) is 22.9. The van der Waals surface area contributed by atoms with Crippen LogP contribution in [0.15, 0.2) is 54.6 Å². The third kappa shape index (κ3) is 4.62. The molecular formula is C29H29IrN4-. The number of rotatable bonds is 5. The number of para-hydroxylation sites is 1. The average Bonchev–Trinajstić information content (AvgIpc) is 3.23. The fraction of sp³-hybridized carbons (Fsp3) is 0.276. The Hall–Kier alpha value is -3.06. The molecule has 0 atom stereocenters. The molecule has 0 spiro atoms. The van der Waals surface area contributed by atoms with Crippen LogP contribution in [0.1, 0.15) is 61.8 Å². The molecule has 0 aliphatic rings. The molecule has 4 aromatic rings. The normalized spacial score (nSPS) is 10.9. The summed E-state index contributed by atoms with van der Waals surface area (Å²) in [5.41, 5.74) is 8.08. The maximum atomic E-state index is 7.58. The van der Waals surface area contributed by atoms with Crippen LogP contribution in [0.4, 0.5) is 5.69 Å². The Morgan fingerprint density at radius 1 is 0.853 bits per heavy atom. The van der Waals surface area contributed by atoms with Gasteiger partial charge in [0.25, 0.3) is 0 Å². The minimum atomic E-state index is 0. The van der Waals surface area contributed by atoms with Gasteiger partial charge in [-0.25, -0.2) is 0 Å². The molecule has 0 saturated heterocycles. The Bertz CT molecular complexity index is 1330. The number of hydrogen-bond donors (Lipinski definition) is 0. The van der Waals surface area contributed by atoms with Crippen molar-refractivity contribution in [2.24, 2.45) is 0 Å². The first-order valence-corrected chi connectivity index (χ1v) is 11.4. The van der Waals surface area contributed by atoms with Gasteiger partial charge in [-0.15, -0.1) is 28.4 Å². The first-order valence-electron chi connectivity index (χ1n) is 11.4. The van der Waals surface area contributed by atoms with Crippen LogP contribution in [0.5, 0.6) is 0 Å². The van der Waals surface area contributed by atoms with Crippen LogP contribution in [0.2, 0.25) is 0 Å². The van der Waals surface area contributed by atoms with Crippen molar-refractivity contribution in [1.29, 1.82) is 0 Å². The average molecular weight is 626 g/mol. The smallest absolute Gasteiger partial charge is 0.159 e. The third-order valence-electron chi connectivity index (χ3n) is 6.11. The largest absolute Gasteiger partial charge is 0.316 e. The zero-order valence-electron chi connectivity index (χ0n) is 20.5. The van der Waals surface area contributed by atoms with Crippen LogP contribution in [0.25, 0.3) is 33.3 Å². The van der Waals surface area contributed by atoms with Gasteiger partial charge in [0.1, 0.15) is 5.69 Å². The summed E-state index contributed by atoms with van der Waals surface area (Å²) >= 11 is 0. The van der Waals surface area contributed by atoms with Crippen molar-refractivity contribution in [1.82, 2.24) is 14.8 Å². The van der Waals surface area contributed by atoms with Gasteiger partial charge in [0.15, 0.2) is 5.82 Å². The SMILES string of the molecule is [C-]#[N+]c1cc(-c2nnc(-c3ccccc3C)n2-c2c(C(C)C)cccc2C(C)C)[c-]cc1C.[Ir]. The number of hydrogen-bond acceptors (Lipinski definition) is 2. The van der Waals surface area contributed by atoms with Gasteiger partial charge in [-0.1, -0.05) is 77.1 Å². The molecule has 0 aliphatic carbocycles. The fourth-order valence-electron chi connectivity index (χ4n) is 4.24. The van der Waals surface area contributed by atoms with E-state index in [9.17, 15) is 0 Å². The molecule has 1 aromatic heterocycles. The number of nitrogens with zero attached hydrogens (tertiary/aromatic N) is 4. The van der Waals surface area contributed by atoms with Gasteiger partial charge < -0.3 is 4.57 Å². The number of aryl methyl sites for hydroxylation is 2. The van der Waals surface area contributed by atoms with Gasteiger partial charge in [-0.2, -0.15) is 11.2 Å². The Morgan fingerprint density at radius 3 is 2.06 bits per heavy atom. The Labute approximate surface area is 216 Å². The fourth-order valence-corrected chi connectivity index (χ4v) is 4.24. The van der Waals surface area contributed by atoms with Crippen LogP contribution in [-0.2, 0) is 20.1 Å². The van der Waals surface area contributed by atoms with E-state index in [4.69, 9.17) is 11.7 Å². The first kappa shape index (κ1) is 25.6. The molecule has 3 aromatic carbocycles. The topological polar surface area (TPSA) is 35.1 Å². The second-order valence-electron chi connectivity index (χ2n) is 9.12. The molecule has 34 heavy (non-hydrogen) atoms. The molecule has 0 amide bonds. The number of aromatic nitrogens is 3. The summed E-state index contributed by atoms with van der Waals surface area (Å²) in [7, 11) is 0. The summed E-state index contributed by atoms with van der Waals surface area (Å²) in [6, 6.07) is 21.9. The predicted molar refractivity (Wildman–Crippen MR) is 135 cm³/mol. The summed E-state index contributed by atoms with van der Waals surface area (Å²) in [4.78, 5) is 3.70. The minimum absolute atomic E-state index is 0.